The fraction of sp³-hybridized carbons (Fsp3) is 1.00. The van der Waals surface area contributed by atoms with Crippen molar-refractivity contribution in [3.8, 4) is 0 Å². The Hall–Kier alpha value is -0.100. The van der Waals surface area contributed by atoms with Crippen LogP contribution in [0.3, 0.4) is 0 Å². The number of rotatable bonds is 1. The van der Waals surface area contributed by atoms with E-state index in [1.165, 1.54) is 0 Å². The minimum atomic E-state index is -4.59. The third-order valence-corrected chi connectivity index (χ3v) is 0.845. The smallest absolute Gasteiger partial charge is 0.399 e. The molecule has 50 valence electrons. The number of hydrogen-bond acceptors (Lipinski definition) is 2. The molecule has 0 radical (unpaired) electrons. The molecule has 0 aromatic rings. The van der Waals surface area contributed by atoms with E-state index >= 15 is 0 Å². The molecular weight excluding hydrogens is 145 g/mol. The van der Waals surface area contributed by atoms with Crippen LogP contribution in [-0.2, 0) is 11.1 Å². The van der Waals surface area contributed by atoms with E-state index in [0.29, 0.717) is 0 Å². The van der Waals surface area contributed by atoms with Crippen molar-refractivity contribution in [2.75, 3.05) is 5.75 Å². The average Bonchev–Trinajstić information content (AvgIpc) is 1.21. The summed E-state index contributed by atoms with van der Waals surface area (Å²) in [7, 11) is 0. The quantitative estimate of drug-likeness (QED) is 0.504. The monoisotopic (exact) mass is 147 g/mol. The van der Waals surface area contributed by atoms with Gasteiger partial charge in [-0.25, -0.2) is 0 Å². The van der Waals surface area contributed by atoms with E-state index in [4.69, 9.17) is 0 Å². The highest BCUT2D eigenvalue weighted by Gasteiger charge is 2.26. The van der Waals surface area contributed by atoms with E-state index in [0.717, 1.165) is 0 Å². The molecule has 8 heavy (non-hydrogen) atoms. The molecule has 0 spiro atoms. The highest BCUT2D eigenvalue weighted by molar-refractivity contribution is 7.79. The third-order valence-electron chi connectivity index (χ3n) is 0.282. The lowest BCUT2D eigenvalue weighted by Gasteiger charge is -2.06. The maximum absolute atomic E-state index is 10.9. The van der Waals surface area contributed by atoms with Crippen LogP contribution in [0.15, 0.2) is 0 Å². The second-order valence-corrected chi connectivity index (χ2v) is 1.96. The van der Waals surface area contributed by atoms with E-state index in [1.54, 1.807) is 0 Å². The van der Waals surface area contributed by atoms with Crippen molar-refractivity contribution in [3.63, 3.8) is 0 Å². The van der Waals surface area contributed by atoms with Gasteiger partial charge in [0.25, 0.3) is 0 Å². The van der Waals surface area contributed by atoms with Gasteiger partial charge in [-0.15, -0.1) is 0 Å². The van der Waals surface area contributed by atoms with E-state index in [-0.39, 0.29) is 0 Å². The summed E-state index contributed by atoms with van der Waals surface area (Å²) in [6.07, 6.45) is -4.59. The summed E-state index contributed by atoms with van der Waals surface area (Å²) in [5.41, 5.74) is 0. The van der Waals surface area contributed by atoms with Gasteiger partial charge in [-0.3, -0.25) is 4.21 Å². The number of alkyl halides is 3. The van der Waals surface area contributed by atoms with Crippen molar-refractivity contribution in [1.82, 2.24) is 0 Å². The summed E-state index contributed by atoms with van der Waals surface area (Å²) >= 11 is -3.01. The van der Waals surface area contributed by atoms with Crippen molar-refractivity contribution in [1.29, 1.82) is 0 Å². The molecule has 0 bridgehead atoms. The zero-order chi connectivity index (χ0) is 6.78. The van der Waals surface area contributed by atoms with Crippen LogP contribution >= 0.6 is 0 Å². The van der Waals surface area contributed by atoms with E-state index in [9.17, 15) is 21.9 Å². The van der Waals surface area contributed by atoms with E-state index < -0.39 is 23.0 Å². The van der Waals surface area contributed by atoms with Crippen LogP contribution in [0.2, 0.25) is 0 Å². The molecule has 0 N–H and O–H groups in total. The predicted molar refractivity (Wildman–Crippen MR) is 19.8 cm³/mol. The van der Waals surface area contributed by atoms with E-state index in [2.05, 4.69) is 0 Å². The molecule has 0 rings (SSSR count). The molecule has 0 aliphatic heterocycles. The Morgan fingerprint density at radius 2 is 1.88 bits per heavy atom. The summed E-state index contributed by atoms with van der Waals surface area (Å²) in [4.78, 5) is 0. The van der Waals surface area contributed by atoms with E-state index in [1.807, 2.05) is 0 Å². The normalized spacial score (nSPS) is 16.0. The zero-order valence-corrected chi connectivity index (χ0v) is 4.38. The van der Waals surface area contributed by atoms with Crippen LogP contribution in [0.25, 0.3) is 0 Å². The molecule has 0 aliphatic carbocycles. The Bertz CT molecular complexity index is 97.9. The molecule has 0 heterocycles. The fourth-order valence-electron chi connectivity index (χ4n) is 0.134. The molecule has 2 nitrogen and oxygen atoms in total. The van der Waals surface area contributed by atoms with Crippen LogP contribution in [-0.4, -0.2) is 20.7 Å². The highest BCUT2D eigenvalue weighted by Crippen LogP contribution is 2.14. The summed E-state index contributed by atoms with van der Waals surface area (Å²) in [6, 6.07) is 0. The minimum Gasteiger partial charge on any atom is -0.772 e. The van der Waals surface area contributed by atoms with Gasteiger partial charge < -0.3 is 4.55 Å². The first-order valence-electron chi connectivity index (χ1n) is 1.54. The topological polar surface area (TPSA) is 40.1 Å². The Kier molecular flexibility index (Phi) is 2.42. The van der Waals surface area contributed by atoms with Gasteiger partial charge >= 0.3 is 6.18 Å². The van der Waals surface area contributed by atoms with Crippen LogP contribution in [0, 0.1) is 0 Å². The molecule has 0 fully saturated rings. The lowest BCUT2D eigenvalue weighted by Crippen LogP contribution is -2.17. The summed E-state index contributed by atoms with van der Waals surface area (Å²) in [5.74, 6) is -1.76. The van der Waals surface area contributed by atoms with Gasteiger partial charge in [0.05, 0.1) is 0 Å². The zero-order valence-electron chi connectivity index (χ0n) is 3.57. The molecule has 0 saturated carbocycles. The van der Waals surface area contributed by atoms with Crippen LogP contribution in [0.4, 0.5) is 13.2 Å². The fourth-order valence-corrected chi connectivity index (χ4v) is 0.401. The SMILES string of the molecule is O=S([O-])CC(F)(F)F. The van der Waals surface area contributed by atoms with Gasteiger partial charge in [0.15, 0.2) is 0 Å². The minimum absolute atomic E-state index is 1.76. The van der Waals surface area contributed by atoms with Crippen LogP contribution < -0.4 is 0 Å². The molecule has 0 aromatic carbocycles. The molecule has 0 aliphatic rings. The third kappa shape index (κ3) is 5.90. The van der Waals surface area contributed by atoms with Crippen molar-refractivity contribution >= 4 is 11.1 Å². The van der Waals surface area contributed by atoms with Crippen molar-refractivity contribution < 1.29 is 21.9 Å². The van der Waals surface area contributed by atoms with Gasteiger partial charge in [-0.2, -0.15) is 13.2 Å². The largest absolute Gasteiger partial charge is 0.772 e. The lowest BCUT2D eigenvalue weighted by molar-refractivity contribution is -0.106. The number of halogens is 3. The highest BCUT2D eigenvalue weighted by atomic mass is 32.2. The van der Waals surface area contributed by atoms with Gasteiger partial charge in [0.1, 0.15) is 5.75 Å². The van der Waals surface area contributed by atoms with Crippen molar-refractivity contribution in [3.05, 3.63) is 0 Å². The first-order chi connectivity index (χ1) is 3.42. The molecule has 6 heteroatoms. The van der Waals surface area contributed by atoms with Crippen molar-refractivity contribution in [2.45, 2.75) is 6.18 Å². The van der Waals surface area contributed by atoms with Crippen LogP contribution in [0.5, 0.6) is 0 Å². The summed E-state index contributed by atoms with van der Waals surface area (Å²) in [5, 5.41) is 0. The summed E-state index contributed by atoms with van der Waals surface area (Å²) in [6.45, 7) is 0. The molecule has 1 unspecified atom stereocenters. The maximum atomic E-state index is 10.9. The molecule has 0 amide bonds. The van der Waals surface area contributed by atoms with Gasteiger partial charge in [-0.05, 0) is 11.1 Å². The molecule has 0 aromatic heterocycles. The Morgan fingerprint density at radius 1 is 1.50 bits per heavy atom. The first kappa shape index (κ1) is 7.90. The van der Waals surface area contributed by atoms with Crippen molar-refractivity contribution in [2.24, 2.45) is 0 Å². The molecule has 1 atom stereocenters. The predicted octanol–water partition coefficient (Wildman–Crippen LogP) is 0.428. The van der Waals surface area contributed by atoms with Gasteiger partial charge in [0.2, 0.25) is 0 Å². The van der Waals surface area contributed by atoms with Gasteiger partial charge in [-0.1, -0.05) is 0 Å². The Morgan fingerprint density at radius 3 is 1.88 bits per heavy atom. The average molecular weight is 147 g/mol. The second kappa shape index (κ2) is 2.45. The first-order valence-corrected chi connectivity index (χ1v) is 2.79. The summed E-state index contributed by atoms with van der Waals surface area (Å²) < 4.78 is 51.3. The Labute approximate surface area is 46.0 Å². The molecule has 0 saturated heterocycles. The maximum Gasteiger partial charge on any atom is 0.399 e. The molecular formula is C2H2F3O2S-. The standard InChI is InChI=1S/C2H3F3O2S/c3-2(4,5)1-8(6)7/h1H2,(H,6,7)/p-1. The van der Waals surface area contributed by atoms with Gasteiger partial charge in [0, 0.05) is 0 Å². The Balaban J connectivity index is 3.55. The lowest BCUT2D eigenvalue weighted by atomic mass is 10.8. The van der Waals surface area contributed by atoms with Crippen LogP contribution in [0.1, 0.15) is 0 Å². The second-order valence-electron chi connectivity index (χ2n) is 1.06. The number of hydrogen-bond donors (Lipinski definition) is 0.